The second-order valence-electron chi connectivity index (χ2n) is 4.31. The van der Waals surface area contributed by atoms with E-state index in [4.69, 9.17) is 27.9 Å². The lowest BCUT2D eigenvalue weighted by Crippen LogP contribution is -2.28. The lowest BCUT2D eigenvalue weighted by Gasteiger charge is -2.09. The first kappa shape index (κ1) is 17.1. The Morgan fingerprint density at radius 3 is 2.73 bits per heavy atom. The molecule has 2 rings (SSSR count). The summed E-state index contributed by atoms with van der Waals surface area (Å²) in [6.07, 6.45) is 0. The van der Waals surface area contributed by atoms with Gasteiger partial charge in [0.15, 0.2) is 0 Å². The minimum absolute atomic E-state index is 0.0334. The summed E-state index contributed by atoms with van der Waals surface area (Å²) < 4.78 is 19.7. The molecule has 116 valence electrons. The predicted molar refractivity (Wildman–Crippen MR) is 88.4 cm³/mol. The van der Waals surface area contributed by atoms with Crippen LogP contribution in [0, 0.1) is 5.82 Å². The molecule has 2 aromatic rings. The quantitative estimate of drug-likeness (QED) is 0.577. The zero-order valence-electron chi connectivity index (χ0n) is 11.2. The van der Waals surface area contributed by atoms with Gasteiger partial charge in [0, 0.05) is 4.47 Å². The molecule has 0 fully saturated rings. The van der Waals surface area contributed by atoms with E-state index in [1.54, 1.807) is 6.07 Å². The maximum absolute atomic E-state index is 13.4. The van der Waals surface area contributed by atoms with E-state index in [0.29, 0.717) is 5.75 Å². The van der Waals surface area contributed by atoms with Crippen molar-refractivity contribution >= 4 is 45.0 Å². The molecule has 22 heavy (non-hydrogen) atoms. The van der Waals surface area contributed by atoms with Crippen LogP contribution in [-0.2, 0) is 0 Å². The van der Waals surface area contributed by atoms with Gasteiger partial charge in [-0.15, -0.1) is 0 Å². The highest BCUT2D eigenvalue weighted by molar-refractivity contribution is 9.10. The van der Waals surface area contributed by atoms with E-state index in [1.807, 2.05) is 18.2 Å². The van der Waals surface area contributed by atoms with Gasteiger partial charge in [-0.25, -0.2) is 4.39 Å². The third-order valence-electron chi connectivity index (χ3n) is 2.71. The van der Waals surface area contributed by atoms with Crippen molar-refractivity contribution in [1.82, 2.24) is 5.32 Å². The highest BCUT2D eigenvalue weighted by Crippen LogP contribution is 2.24. The molecule has 0 bridgehead atoms. The molecule has 2 aromatic carbocycles. The largest absolute Gasteiger partial charge is 0.492 e. The second-order valence-corrected chi connectivity index (χ2v) is 6.04. The Morgan fingerprint density at radius 1 is 1.23 bits per heavy atom. The van der Waals surface area contributed by atoms with Crippen LogP contribution in [0.1, 0.15) is 10.4 Å². The Morgan fingerprint density at radius 2 is 2.00 bits per heavy atom. The van der Waals surface area contributed by atoms with Crippen LogP contribution in [0.4, 0.5) is 4.39 Å². The standard InChI is InChI=1S/C15H11BrCl2FNO2/c16-9-2-1-3-10(6-9)22-5-4-20-15(21)11-7-14(19)13(18)8-12(11)17/h1-3,6-8H,4-5H2,(H,20,21). The molecule has 0 aliphatic carbocycles. The molecule has 0 aliphatic heterocycles. The average molecular weight is 407 g/mol. The highest BCUT2D eigenvalue weighted by atomic mass is 79.9. The summed E-state index contributed by atoms with van der Waals surface area (Å²) >= 11 is 14.8. The maximum atomic E-state index is 13.4. The topological polar surface area (TPSA) is 38.3 Å². The van der Waals surface area contributed by atoms with Crippen LogP contribution in [0.5, 0.6) is 5.75 Å². The van der Waals surface area contributed by atoms with Crippen LogP contribution in [-0.4, -0.2) is 19.1 Å². The van der Waals surface area contributed by atoms with Crippen LogP contribution in [0.3, 0.4) is 0 Å². The smallest absolute Gasteiger partial charge is 0.253 e. The molecule has 1 N–H and O–H groups in total. The lowest BCUT2D eigenvalue weighted by molar-refractivity contribution is 0.0946. The van der Waals surface area contributed by atoms with Crippen molar-refractivity contribution in [1.29, 1.82) is 0 Å². The van der Waals surface area contributed by atoms with Crippen molar-refractivity contribution in [2.24, 2.45) is 0 Å². The first-order valence-corrected chi connectivity index (χ1v) is 7.83. The Hall–Kier alpha value is -1.30. The molecule has 0 saturated carbocycles. The van der Waals surface area contributed by atoms with Gasteiger partial charge in [0.2, 0.25) is 0 Å². The second kappa shape index (κ2) is 7.81. The molecule has 0 spiro atoms. The van der Waals surface area contributed by atoms with Crippen molar-refractivity contribution < 1.29 is 13.9 Å². The van der Waals surface area contributed by atoms with Gasteiger partial charge in [0.1, 0.15) is 18.2 Å². The first-order chi connectivity index (χ1) is 10.5. The normalized spacial score (nSPS) is 10.4. The summed E-state index contributed by atoms with van der Waals surface area (Å²) in [5.41, 5.74) is 0.0334. The molecule has 0 atom stereocenters. The monoisotopic (exact) mass is 405 g/mol. The molecule has 0 saturated heterocycles. The number of carbonyl (C=O) groups excluding carboxylic acids is 1. The van der Waals surface area contributed by atoms with E-state index in [-0.39, 0.29) is 28.8 Å². The van der Waals surface area contributed by atoms with Crippen LogP contribution in [0.15, 0.2) is 40.9 Å². The third kappa shape index (κ3) is 4.60. The molecule has 0 aliphatic rings. The molecular weight excluding hydrogens is 396 g/mol. The fraction of sp³-hybridized carbons (Fsp3) is 0.133. The van der Waals surface area contributed by atoms with Crippen molar-refractivity contribution in [3.63, 3.8) is 0 Å². The number of rotatable bonds is 5. The van der Waals surface area contributed by atoms with Gasteiger partial charge >= 0.3 is 0 Å². The maximum Gasteiger partial charge on any atom is 0.253 e. The van der Waals surface area contributed by atoms with E-state index in [0.717, 1.165) is 10.5 Å². The molecule has 0 unspecified atom stereocenters. The van der Waals surface area contributed by atoms with Gasteiger partial charge in [0.25, 0.3) is 5.91 Å². The van der Waals surface area contributed by atoms with Crippen LogP contribution in [0.2, 0.25) is 10.0 Å². The molecule has 0 heterocycles. The summed E-state index contributed by atoms with van der Waals surface area (Å²) in [6.45, 7) is 0.530. The van der Waals surface area contributed by atoms with Gasteiger partial charge in [0.05, 0.1) is 22.2 Å². The zero-order chi connectivity index (χ0) is 16.1. The fourth-order valence-corrected chi connectivity index (χ4v) is 2.53. The Balaban J connectivity index is 1.87. The number of amides is 1. The predicted octanol–water partition coefficient (Wildman–Crippen LogP) is 4.70. The number of hydrogen-bond acceptors (Lipinski definition) is 2. The van der Waals surface area contributed by atoms with E-state index in [2.05, 4.69) is 21.2 Å². The minimum Gasteiger partial charge on any atom is -0.492 e. The third-order valence-corrected chi connectivity index (χ3v) is 3.80. The van der Waals surface area contributed by atoms with Gasteiger partial charge < -0.3 is 10.1 Å². The summed E-state index contributed by atoms with van der Waals surface area (Å²) in [7, 11) is 0. The molecule has 0 radical (unpaired) electrons. The Kier molecular flexibility index (Phi) is 6.06. The number of benzene rings is 2. The van der Waals surface area contributed by atoms with Crippen molar-refractivity contribution in [2.75, 3.05) is 13.2 Å². The molecule has 0 aromatic heterocycles. The summed E-state index contributed by atoms with van der Waals surface area (Å²) in [5.74, 6) is -0.501. The average Bonchev–Trinajstić information content (AvgIpc) is 2.47. The summed E-state index contributed by atoms with van der Waals surface area (Å²) in [5, 5.41) is 2.57. The molecule has 7 heteroatoms. The summed E-state index contributed by atoms with van der Waals surface area (Å²) in [6, 6.07) is 9.55. The van der Waals surface area contributed by atoms with Crippen LogP contribution < -0.4 is 10.1 Å². The summed E-state index contributed by atoms with van der Waals surface area (Å²) in [4.78, 5) is 11.9. The van der Waals surface area contributed by atoms with E-state index in [9.17, 15) is 9.18 Å². The minimum atomic E-state index is -0.693. The van der Waals surface area contributed by atoms with E-state index < -0.39 is 11.7 Å². The molecule has 1 amide bonds. The number of hydrogen-bond donors (Lipinski definition) is 1. The number of carbonyl (C=O) groups is 1. The Labute approximate surface area is 145 Å². The highest BCUT2D eigenvalue weighted by Gasteiger charge is 2.13. The molecular formula is C15H11BrCl2FNO2. The zero-order valence-corrected chi connectivity index (χ0v) is 14.3. The first-order valence-electron chi connectivity index (χ1n) is 6.28. The van der Waals surface area contributed by atoms with Crippen molar-refractivity contribution in [3.05, 3.63) is 62.3 Å². The van der Waals surface area contributed by atoms with Gasteiger partial charge in [-0.2, -0.15) is 0 Å². The SMILES string of the molecule is O=C(NCCOc1cccc(Br)c1)c1cc(F)c(Cl)cc1Cl. The number of halogens is 4. The number of nitrogens with one attached hydrogen (secondary N) is 1. The number of ether oxygens (including phenoxy) is 1. The van der Waals surface area contributed by atoms with Crippen molar-refractivity contribution in [2.45, 2.75) is 0 Å². The van der Waals surface area contributed by atoms with Gasteiger partial charge in [-0.05, 0) is 30.3 Å². The van der Waals surface area contributed by atoms with Crippen LogP contribution in [0.25, 0.3) is 0 Å². The van der Waals surface area contributed by atoms with Gasteiger partial charge in [-0.3, -0.25) is 4.79 Å². The van der Waals surface area contributed by atoms with E-state index >= 15 is 0 Å². The fourth-order valence-electron chi connectivity index (χ4n) is 1.68. The van der Waals surface area contributed by atoms with E-state index in [1.165, 1.54) is 6.07 Å². The Bertz CT molecular complexity index is 697. The molecule has 3 nitrogen and oxygen atoms in total. The van der Waals surface area contributed by atoms with Gasteiger partial charge in [-0.1, -0.05) is 45.2 Å². The lowest BCUT2D eigenvalue weighted by atomic mass is 10.2. The van der Waals surface area contributed by atoms with Crippen molar-refractivity contribution in [3.8, 4) is 5.75 Å². The van der Waals surface area contributed by atoms with Crippen LogP contribution >= 0.6 is 39.1 Å².